The van der Waals surface area contributed by atoms with Crippen LogP contribution in [0.4, 0.5) is 17.1 Å². The summed E-state index contributed by atoms with van der Waals surface area (Å²) >= 11 is 0. The van der Waals surface area contributed by atoms with Crippen LogP contribution >= 0.6 is 0 Å². The molecule has 182 valence electrons. The van der Waals surface area contributed by atoms with Gasteiger partial charge in [-0.2, -0.15) is 0 Å². The van der Waals surface area contributed by atoms with E-state index >= 15 is 0 Å². The maximum Gasteiger partial charge on any atom is 0.197 e. The van der Waals surface area contributed by atoms with Gasteiger partial charge in [-0.3, -0.25) is 9.59 Å². The van der Waals surface area contributed by atoms with Crippen LogP contribution in [0, 0.1) is 6.92 Å². The number of hydrogen-bond donors (Lipinski definition) is 0. The number of Topliss-reactive ketones (excluding diaryl/α,β-unsaturated/α-hetero) is 2. The van der Waals surface area contributed by atoms with Gasteiger partial charge in [-0.25, -0.2) is 0 Å². The van der Waals surface area contributed by atoms with Gasteiger partial charge >= 0.3 is 0 Å². The zero-order valence-corrected chi connectivity index (χ0v) is 21.0. The summed E-state index contributed by atoms with van der Waals surface area (Å²) in [6, 6.07) is 41.9. The molecule has 5 aromatic rings. The summed E-state index contributed by atoms with van der Waals surface area (Å²) in [5.74, 6) is -0.448. The first-order chi connectivity index (χ1) is 18.6. The fourth-order valence-electron chi connectivity index (χ4n) is 4.87. The minimum Gasteiger partial charge on any atom is -0.311 e. The summed E-state index contributed by atoms with van der Waals surface area (Å²) in [4.78, 5) is 28.6. The molecule has 0 unspecified atom stereocenters. The molecule has 1 aliphatic rings. The average Bonchev–Trinajstić information content (AvgIpc) is 3.20. The van der Waals surface area contributed by atoms with Gasteiger partial charge in [0.2, 0.25) is 0 Å². The maximum absolute atomic E-state index is 13.3. The minimum atomic E-state index is -0.225. The van der Waals surface area contributed by atoms with E-state index in [0.717, 1.165) is 33.8 Å². The molecule has 0 bridgehead atoms. The number of para-hydroxylation sites is 1. The molecule has 0 saturated carbocycles. The third kappa shape index (κ3) is 4.35. The molecule has 0 amide bonds. The predicted octanol–water partition coefficient (Wildman–Crippen LogP) is 8.59. The number of aryl methyl sites for hydroxylation is 1. The van der Waals surface area contributed by atoms with Crippen molar-refractivity contribution in [3.05, 3.63) is 155 Å². The standard InChI is InChI=1S/C35H25NO2/c1-24-12-17-29(18-13-24)36(28-10-6-3-7-11-28)30-19-14-25(15-20-30)22-33-34(37)31-21-16-27(23-32(31)35(33)38)26-8-4-2-5-9-26/h2-23H,1H3. The van der Waals surface area contributed by atoms with E-state index in [1.807, 2.05) is 84.9 Å². The molecule has 3 nitrogen and oxygen atoms in total. The summed E-state index contributed by atoms with van der Waals surface area (Å²) in [5.41, 5.74) is 8.17. The minimum absolute atomic E-state index is 0.205. The largest absolute Gasteiger partial charge is 0.311 e. The van der Waals surface area contributed by atoms with E-state index in [1.54, 1.807) is 12.1 Å². The molecule has 0 saturated heterocycles. The summed E-state index contributed by atoms with van der Waals surface area (Å²) in [7, 11) is 0. The van der Waals surface area contributed by atoms with Gasteiger partial charge in [-0.15, -0.1) is 0 Å². The van der Waals surface area contributed by atoms with Crippen molar-refractivity contribution in [3.8, 4) is 11.1 Å². The second-order valence-corrected chi connectivity index (χ2v) is 9.44. The van der Waals surface area contributed by atoms with Gasteiger partial charge in [0, 0.05) is 28.2 Å². The molecule has 1 aliphatic carbocycles. The Morgan fingerprint density at radius 1 is 0.526 bits per heavy atom. The molecular weight excluding hydrogens is 466 g/mol. The molecule has 0 fully saturated rings. The number of anilines is 3. The van der Waals surface area contributed by atoms with Crippen LogP contribution in [-0.2, 0) is 0 Å². The fraction of sp³-hybridized carbons (Fsp3) is 0.0286. The number of carbonyl (C=O) groups excluding carboxylic acids is 2. The van der Waals surface area contributed by atoms with Crippen LogP contribution in [-0.4, -0.2) is 11.6 Å². The lowest BCUT2D eigenvalue weighted by Crippen LogP contribution is -2.09. The summed E-state index contributed by atoms with van der Waals surface area (Å²) in [6.07, 6.45) is 1.70. The molecule has 6 rings (SSSR count). The third-order valence-electron chi connectivity index (χ3n) is 6.87. The van der Waals surface area contributed by atoms with Crippen molar-refractivity contribution < 1.29 is 9.59 Å². The first-order valence-corrected chi connectivity index (χ1v) is 12.6. The summed E-state index contributed by atoms with van der Waals surface area (Å²) in [6.45, 7) is 2.07. The quantitative estimate of drug-likeness (QED) is 0.182. The molecule has 0 aliphatic heterocycles. The van der Waals surface area contributed by atoms with E-state index in [2.05, 4.69) is 48.2 Å². The Labute approximate surface area is 222 Å². The van der Waals surface area contributed by atoms with Gasteiger partial charge < -0.3 is 4.90 Å². The molecule has 0 atom stereocenters. The first kappa shape index (κ1) is 23.4. The molecular formula is C35H25NO2. The van der Waals surface area contributed by atoms with E-state index in [1.165, 1.54) is 5.56 Å². The van der Waals surface area contributed by atoms with Crippen LogP contribution in [0.3, 0.4) is 0 Å². The van der Waals surface area contributed by atoms with Crippen LogP contribution < -0.4 is 4.90 Å². The number of nitrogens with zero attached hydrogens (tertiary/aromatic N) is 1. The Morgan fingerprint density at radius 2 is 1.08 bits per heavy atom. The normalized spacial score (nSPS) is 13.6. The van der Waals surface area contributed by atoms with Crippen LogP contribution in [0.25, 0.3) is 17.2 Å². The highest BCUT2D eigenvalue weighted by Crippen LogP contribution is 2.35. The third-order valence-corrected chi connectivity index (χ3v) is 6.87. The Hall–Kier alpha value is -5.02. The van der Waals surface area contributed by atoms with Crippen molar-refractivity contribution in [3.63, 3.8) is 0 Å². The highest BCUT2D eigenvalue weighted by Gasteiger charge is 2.33. The first-order valence-electron chi connectivity index (χ1n) is 12.6. The highest BCUT2D eigenvalue weighted by atomic mass is 16.2. The molecule has 0 N–H and O–H groups in total. The summed E-state index contributed by atoms with van der Waals surface area (Å²) < 4.78 is 0. The van der Waals surface area contributed by atoms with Crippen molar-refractivity contribution in [1.29, 1.82) is 0 Å². The second kappa shape index (κ2) is 9.79. The topological polar surface area (TPSA) is 37.4 Å². The predicted molar refractivity (Wildman–Crippen MR) is 154 cm³/mol. The Morgan fingerprint density at radius 3 is 1.74 bits per heavy atom. The molecule has 5 aromatic carbocycles. The molecule has 3 heteroatoms. The fourth-order valence-corrected chi connectivity index (χ4v) is 4.87. The van der Waals surface area contributed by atoms with Crippen LogP contribution in [0.2, 0.25) is 0 Å². The van der Waals surface area contributed by atoms with Crippen molar-refractivity contribution in [1.82, 2.24) is 0 Å². The van der Waals surface area contributed by atoms with Crippen molar-refractivity contribution in [2.75, 3.05) is 4.90 Å². The Bertz CT molecular complexity index is 1670. The van der Waals surface area contributed by atoms with Crippen molar-refractivity contribution in [2.45, 2.75) is 6.92 Å². The lowest BCUT2D eigenvalue weighted by Gasteiger charge is -2.25. The number of allylic oxidation sites excluding steroid dienone is 1. The van der Waals surface area contributed by atoms with E-state index in [9.17, 15) is 9.59 Å². The smallest absolute Gasteiger partial charge is 0.197 e. The number of rotatable bonds is 5. The van der Waals surface area contributed by atoms with E-state index < -0.39 is 0 Å². The number of carbonyl (C=O) groups is 2. The van der Waals surface area contributed by atoms with Gasteiger partial charge in [0.25, 0.3) is 0 Å². The Kier molecular flexibility index (Phi) is 6.03. The highest BCUT2D eigenvalue weighted by molar-refractivity contribution is 6.41. The van der Waals surface area contributed by atoms with Crippen LogP contribution in [0.5, 0.6) is 0 Å². The zero-order chi connectivity index (χ0) is 26.1. The number of benzene rings is 5. The van der Waals surface area contributed by atoms with Gasteiger partial charge in [0.05, 0.1) is 5.57 Å². The van der Waals surface area contributed by atoms with Gasteiger partial charge in [0.1, 0.15) is 0 Å². The van der Waals surface area contributed by atoms with Crippen molar-refractivity contribution in [2.24, 2.45) is 0 Å². The molecule has 0 radical (unpaired) electrons. The zero-order valence-electron chi connectivity index (χ0n) is 21.0. The summed E-state index contributed by atoms with van der Waals surface area (Å²) in [5, 5.41) is 0. The van der Waals surface area contributed by atoms with Crippen LogP contribution in [0.15, 0.2) is 133 Å². The van der Waals surface area contributed by atoms with Crippen molar-refractivity contribution >= 4 is 34.7 Å². The monoisotopic (exact) mass is 491 g/mol. The van der Waals surface area contributed by atoms with Gasteiger partial charge in [0.15, 0.2) is 11.6 Å². The van der Waals surface area contributed by atoms with Crippen LogP contribution in [0.1, 0.15) is 31.8 Å². The van der Waals surface area contributed by atoms with E-state index in [4.69, 9.17) is 0 Å². The van der Waals surface area contributed by atoms with Gasteiger partial charge in [-0.05, 0) is 78.2 Å². The Balaban J connectivity index is 1.32. The maximum atomic E-state index is 13.3. The molecule has 0 spiro atoms. The number of ketones is 2. The number of fused-ring (bicyclic) bond motifs is 1. The molecule has 0 aromatic heterocycles. The lowest BCUT2D eigenvalue weighted by atomic mass is 10.0. The average molecular weight is 492 g/mol. The van der Waals surface area contributed by atoms with E-state index in [0.29, 0.717) is 11.1 Å². The second-order valence-electron chi connectivity index (χ2n) is 9.44. The number of hydrogen-bond acceptors (Lipinski definition) is 3. The lowest BCUT2D eigenvalue weighted by molar-refractivity contribution is 0.0990. The molecule has 38 heavy (non-hydrogen) atoms. The van der Waals surface area contributed by atoms with E-state index in [-0.39, 0.29) is 17.1 Å². The SMILES string of the molecule is Cc1ccc(N(c2ccccc2)c2ccc(C=C3C(=O)c4ccc(-c5ccccc5)cc4C3=O)cc2)cc1. The molecule has 0 heterocycles. The van der Waals surface area contributed by atoms with Gasteiger partial charge in [-0.1, -0.05) is 84.4 Å².